The quantitative estimate of drug-likeness (QED) is 0.692. The topological polar surface area (TPSA) is 102 Å². The number of alkyl carbamates (subject to hydrolysis) is 1. The number of rotatable bonds is 7. The van der Waals surface area contributed by atoms with Crippen LogP contribution < -0.4 is 15.0 Å². The van der Waals surface area contributed by atoms with E-state index in [1.165, 1.54) is 0 Å². The Labute approximate surface area is 180 Å². The van der Waals surface area contributed by atoms with Crippen molar-refractivity contribution in [1.29, 1.82) is 0 Å². The second kappa shape index (κ2) is 10.3. The molecule has 2 N–H and O–H groups in total. The van der Waals surface area contributed by atoms with Crippen LogP contribution in [-0.2, 0) is 9.47 Å². The number of ether oxygens (including phenoxy) is 3. The van der Waals surface area contributed by atoms with Crippen molar-refractivity contribution < 1.29 is 23.4 Å². The number of benzene rings is 1. The number of nitrogens with one attached hydrogen (secondary N) is 2. The minimum atomic E-state index is -0.617. The van der Waals surface area contributed by atoms with Gasteiger partial charge in [-0.3, -0.25) is 5.10 Å². The van der Waals surface area contributed by atoms with Crippen LogP contribution in [0.4, 0.5) is 15.1 Å². The molecule has 0 aliphatic carbocycles. The van der Waals surface area contributed by atoms with Gasteiger partial charge < -0.3 is 24.4 Å². The molecule has 0 atom stereocenters. The Hall–Kier alpha value is -3.14. The minimum Gasteiger partial charge on any atom is -0.489 e. The average molecular weight is 433 g/mol. The number of halogens is 1. The number of anilines is 1. The molecular weight excluding hydrogens is 405 g/mol. The molecule has 1 aromatic carbocycles. The van der Waals surface area contributed by atoms with E-state index in [0.29, 0.717) is 37.1 Å². The lowest BCUT2D eigenvalue weighted by Gasteiger charge is -2.25. The number of aromatic amines is 1. The molecule has 2 aromatic rings. The van der Waals surface area contributed by atoms with Gasteiger partial charge in [-0.05, 0) is 45.0 Å². The smallest absolute Gasteiger partial charge is 0.407 e. The summed E-state index contributed by atoms with van der Waals surface area (Å²) in [7, 11) is 0. The number of carbonyl (C=O) groups is 1. The third-order valence-corrected chi connectivity index (χ3v) is 4.33. The van der Waals surface area contributed by atoms with Gasteiger partial charge in [0.1, 0.15) is 18.0 Å². The summed E-state index contributed by atoms with van der Waals surface area (Å²) in [6.07, 6.45) is -0.187. The molecule has 2 heterocycles. The molecule has 10 heteroatoms. The van der Waals surface area contributed by atoms with E-state index in [1.54, 1.807) is 32.9 Å². The highest BCUT2D eigenvalue weighted by atomic mass is 19.1. The minimum absolute atomic E-state index is 0.00483. The fourth-order valence-electron chi connectivity index (χ4n) is 2.79. The molecule has 1 saturated heterocycles. The van der Waals surface area contributed by atoms with Crippen LogP contribution in [0.1, 0.15) is 20.8 Å². The Morgan fingerprint density at radius 1 is 1.29 bits per heavy atom. The Kier molecular flexibility index (Phi) is 7.45. The van der Waals surface area contributed by atoms with Crippen LogP contribution in [0.2, 0.25) is 0 Å². The molecule has 0 spiro atoms. The van der Waals surface area contributed by atoms with Crippen LogP contribution in [0.25, 0.3) is 11.4 Å². The van der Waals surface area contributed by atoms with Gasteiger partial charge >= 0.3 is 6.09 Å². The second-order valence-corrected chi connectivity index (χ2v) is 8.02. The molecule has 0 unspecified atom stereocenters. The summed E-state index contributed by atoms with van der Waals surface area (Å²) in [4.78, 5) is 18.3. The molecule has 31 heavy (non-hydrogen) atoms. The fourth-order valence-corrected chi connectivity index (χ4v) is 2.79. The number of hydrogen-bond donors (Lipinski definition) is 2. The molecule has 3 rings (SSSR count). The van der Waals surface area contributed by atoms with Gasteiger partial charge in [0.2, 0.25) is 5.95 Å². The van der Waals surface area contributed by atoms with Crippen molar-refractivity contribution in [3.8, 4) is 17.1 Å². The molecule has 0 saturated carbocycles. The SMILES string of the molecule is CC(C)(C)OC(=O)NC/C(=C\F)COc1ccc(-c2nc(N3CCOCC3)n[nH]2)cc1. The summed E-state index contributed by atoms with van der Waals surface area (Å²) in [6, 6.07) is 7.22. The highest BCUT2D eigenvalue weighted by Gasteiger charge is 2.17. The normalized spacial score (nSPS) is 15.0. The van der Waals surface area contributed by atoms with E-state index in [-0.39, 0.29) is 18.7 Å². The highest BCUT2D eigenvalue weighted by molar-refractivity contribution is 5.68. The van der Waals surface area contributed by atoms with Crippen LogP contribution in [0.3, 0.4) is 0 Å². The number of nitrogens with zero attached hydrogens (tertiary/aromatic N) is 3. The number of hydrogen-bond acceptors (Lipinski definition) is 7. The van der Waals surface area contributed by atoms with Crippen molar-refractivity contribution >= 4 is 12.0 Å². The Bertz CT molecular complexity index is 886. The molecule has 0 radical (unpaired) electrons. The van der Waals surface area contributed by atoms with E-state index >= 15 is 0 Å². The van der Waals surface area contributed by atoms with Crippen LogP contribution >= 0.6 is 0 Å². The van der Waals surface area contributed by atoms with E-state index in [0.717, 1.165) is 18.7 Å². The monoisotopic (exact) mass is 433 g/mol. The standard InChI is InChI=1S/C21H28FN5O4/c1-21(2,3)31-20(28)23-13-15(12-22)14-30-17-6-4-16(5-7-17)18-24-19(26-25-18)27-8-10-29-11-9-27/h4-7,12H,8-11,13-14H2,1-3H3,(H,23,28)(H,24,25,26)/b15-12+. The van der Waals surface area contributed by atoms with E-state index in [1.807, 2.05) is 12.1 Å². The van der Waals surface area contributed by atoms with E-state index in [9.17, 15) is 9.18 Å². The van der Waals surface area contributed by atoms with Gasteiger partial charge in [0, 0.05) is 30.8 Å². The third-order valence-electron chi connectivity index (χ3n) is 4.33. The molecular formula is C21H28FN5O4. The van der Waals surface area contributed by atoms with Crippen molar-refractivity contribution in [1.82, 2.24) is 20.5 Å². The summed E-state index contributed by atoms with van der Waals surface area (Å²) in [5.41, 5.74) is 0.515. The van der Waals surface area contributed by atoms with Crippen LogP contribution in [0, 0.1) is 0 Å². The predicted molar refractivity (Wildman–Crippen MR) is 114 cm³/mol. The van der Waals surface area contributed by atoms with E-state index in [2.05, 4.69) is 25.4 Å². The third kappa shape index (κ3) is 6.95. The molecule has 1 aliphatic rings. The van der Waals surface area contributed by atoms with Gasteiger partial charge in [0.25, 0.3) is 0 Å². The van der Waals surface area contributed by atoms with Gasteiger partial charge in [0.05, 0.1) is 19.5 Å². The molecule has 1 aromatic heterocycles. The largest absolute Gasteiger partial charge is 0.489 e. The number of carbonyl (C=O) groups excluding carboxylic acids is 1. The van der Waals surface area contributed by atoms with E-state index in [4.69, 9.17) is 14.2 Å². The second-order valence-electron chi connectivity index (χ2n) is 8.02. The fraction of sp³-hybridized carbons (Fsp3) is 0.476. The zero-order valence-electron chi connectivity index (χ0n) is 18.0. The lowest BCUT2D eigenvalue weighted by molar-refractivity contribution is 0.0531. The van der Waals surface area contributed by atoms with Crippen LogP contribution in [0.5, 0.6) is 5.75 Å². The number of amides is 1. The molecule has 1 amide bonds. The lowest BCUT2D eigenvalue weighted by atomic mass is 10.2. The van der Waals surface area contributed by atoms with E-state index < -0.39 is 11.7 Å². The van der Waals surface area contributed by atoms with Gasteiger partial charge in [-0.25, -0.2) is 9.18 Å². The maximum Gasteiger partial charge on any atom is 0.407 e. The summed E-state index contributed by atoms with van der Waals surface area (Å²) in [5.74, 6) is 1.86. The van der Waals surface area contributed by atoms with Gasteiger partial charge in [0.15, 0.2) is 5.82 Å². The first-order valence-corrected chi connectivity index (χ1v) is 10.1. The van der Waals surface area contributed by atoms with Gasteiger partial charge in [-0.15, -0.1) is 5.10 Å². The molecule has 9 nitrogen and oxygen atoms in total. The molecule has 1 aliphatic heterocycles. The van der Waals surface area contributed by atoms with Crippen molar-refractivity contribution in [3.63, 3.8) is 0 Å². The van der Waals surface area contributed by atoms with Crippen molar-refractivity contribution in [2.75, 3.05) is 44.4 Å². The maximum absolute atomic E-state index is 13.1. The summed E-state index contributed by atoms with van der Waals surface area (Å²) in [5, 5.41) is 9.73. The maximum atomic E-state index is 13.1. The Morgan fingerprint density at radius 2 is 2.00 bits per heavy atom. The molecule has 1 fully saturated rings. The van der Waals surface area contributed by atoms with Crippen LogP contribution in [0.15, 0.2) is 36.2 Å². The predicted octanol–water partition coefficient (Wildman–Crippen LogP) is 3.07. The first-order valence-electron chi connectivity index (χ1n) is 10.1. The number of aromatic nitrogens is 3. The first-order chi connectivity index (χ1) is 14.8. The Balaban J connectivity index is 1.50. The van der Waals surface area contributed by atoms with Gasteiger partial charge in [-0.2, -0.15) is 4.98 Å². The first kappa shape index (κ1) is 22.5. The average Bonchev–Trinajstić information content (AvgIpc) is 3.24. The Morgan fingerprint density at radius 3 is 2.65 bits per heavy atom. The van der Waals surface area contributed by atoms with Crippen molar-refractivity contribution in [2.45, 2.75) is 26.4 Å². The number of H-pyrrole nitrogens is 1. The molecule has 168 valence electrons. The van der Waals surface area contributed by atoms with Crippen molar-refractivity contribution in [3.05, 3.63) is 36.2 Å². The number of morpholine rings is 1. The van der Waals surface area contributed by atoms with Crippen molar-refractivity contribution in [2.24, 2.45) is 0 Å². The zero-order valence-corrected chi connectivity index (χ0v) is 18.0. The zero-order chi connectivity index (χ0) is 22.3. The summed E-state index contributed by atoms with van der Waals surface area (Å²) >= 11 is 0. The molecule has 0 bridgehead atoms. The van der Waals surface area contributed by atoms with Gasteiger partial charge in [-0.1, -0.05) is 0 Å². The highest BCUT2D eigenvalue weighted by Crippen LogP contribution is 2.22. The summed E-state index contributed by atoms with van der Waals surface area (Å²) < 4.78 is 29.2. The summed E-state index contributed by atoms with van der Waals surface area (Å²) in [6.45, 7) is 8.11. The lowest BCUT2D eigenvalue weighted by Crippen LogP contribution is -2.36. The van der Waals surface area contributed by atoms with Crippen LogP contribution in [-0.4, -0.2) is 66.3 Å².